The topological polar surface area (TPSA) is 67.0 Å². The highest BCUT2D eigenvalue weighted by Gasteiger charge is 2.14. The van der Waals surface area contributed by atoms with Gasteiger partial charge in [-0.05, 0) is 130 Å². The molecule has 0 N–H and O–H groups in total. The minimum atomic E-state index is 0.494. The summed E-state index contributed by atoms with van der Waals surface area (Å²) in [4.78, 5) is 9.27. The van der Waals surface area contributed by atoms with Crippen LogP contribution in [0.3, 0.4) is 0 Å². The molecule has 5 heteroatoms. The predicted molar refractivity (Wildman–Crippen MR) is 264 cm³/mol. The third-order valence-electron chi connectivity index (χ3n) is 11.0. The quantitative estimate of drug-likeness (QED) is 0.115. The van der Waals surface area contributed by atoms with Crippen molar-refractivity contribution in [3.8, 4) is 34.4 Å². The standard InChI is InChI=1S/C59H41N5/c60-42-50(48-28-24-44(25-29-48)46-32-36-58(37-33-46)63(54-16-5-1-6-17-54)55-18-7-2-8-19-55)40-52-14-13-15-53(62-52)41-51(43-61)49-30-26-45(27-31-49)47-34-38-59(39-35-47)64(56-20-9-3-10-21-56)57-22-11-4-12-23-57/h1-41H/b50-40+,51-41+. The Kier molecular flexibility index (Phi) is 12.1. The summed E-state index contributed by atoms with van der Waals surface area (Å²) < 4.78 is 0. The SMILES string of the molecule is N#C/C(=C\c1cccc(/C=C(\C#N)c2ccc(-c3ccc(N(c4ccccc4)c4ccccc4)cc3)cc2)n1)c1ccc(-c2ccc(N(c3ccccc3)c3ccccc3)cc2)cc1. The average Bonchev–Trinajstić information content (AvgIpc) is 3.37. The second-order valence-corrected chi connectivity index (χ2v) is 15.1. The van der Waals surface area contributed by atoms with Crippen molar-refractivity contribution in [2.24, 2.45) is 0 Å². The highest BCUT2D eigenvalue weighted by atomic mass is 15.1. The summed E-state index contributed by atoms with van der Waals surface area (Å²) in [5, 5.41) is 20.5. The second kappa shape index (κ2) is 19.1. The molecule has 0 aliphatic carbocycles. The Bertz CT molecular complexity index is 2820. The maximum atomic E-state index is 10.2. The van der Waals surface area contributed by atoms with Crippen molar-refractivity contribution in [2.45, 2.75) is 0 Å². The Morgan fingerprint density at radius 3 is 0.859 bits per heavy atom. The molecule has 0 amide bonds. The van der Waals surface area contributed by atoms with Crippen molar-refractivity contribution < 1.29 is 0 Å². The van der Waals surface area contributed by atoms with E-state index in [2.05, 4.69) is 119 Å². The first kappa shape index (κ1) is 40.4. The highest BCUT2D eigenvalue weighted by Crippen LogP contribution is 2.37. The minimum absolute atomic E-state index is 0.494. The largest absolute Gasteiger partial charge is 0.311 e. The Balaban J connectivity index is 0.894. The Hall–Kier alpha value is -9.03. The summed E-state index contributed by atoms with van der Waals surface area (Å²) in [6.45, 7) is 0. The van der Waals surface area contributed by atoms with E-state index in [1.54, 1.807) is 12.2 Å². The molecule has 0 unspecified atom stereocenters. The van der Waals surface area contributed by atoms with Crippen LogP contribution in [0, 0.1) is 22.7 Å². The van der Waals surface area contributed by atoms with Crippen molar-refractivity contribution in [2.75, 3.05) is 9.80 Å². The normalized spacial score (nSPS) is 11.3. The molecule has 1 aromatic heterocycles. The fraction of sp³-hybridized carbons (Fsp3) is 0. The van der Waals surface area contributed by atoms with E-state index >= 15 is 0 Å². The summed E-state index contributed by atoms with van der Waals surface area (Å²) in [5.41, 5.74) is 14.5. The van der Waals surface area contributed by atoms with Gasteiger partial charge in [0, 0.05) is 34.1 Å². The van der Waals surface area contributed by atoms with E-state index in [1.807, 2.05) is 140 Å². The molecule has 5 nitrogen and oxygen atoms in total. The first-order valence-corrected chi connectivity index (χ1v) is 21.1. The summed E-state index contributed by atoms with van der Waals surface area (Å²) in [6.07, 6.45) is 3.57. The molecule has 0 saturated heterocycles. The van der Waals surface area contributed by atoms with Gasteiger partial charge in [0.25, 0.3) is 0 Å². The highest BCUT2D eigenvalue weighted by molar-refractivity contribution is 5.92. The molecule has 302 valence electrons. The number of pyridine rings is 1. The summed E-state index contributed by atoms with van der Waals surface area (Å²) in [6, 6.07) is 84.8. The number of allylic oxidation sites excluding steroid dienone is 2. The van der Waals surface area contributed by atoms with Crippen LogP contribution in [-0.4, -0.2) is 4.98 Å². The van der Waals surface area contributed by atoms with Crippen LogP contribution >= 0.6 is 0 Å². The van der Waals surface area contributed by atoms with Gasteiger partial charge in [-0.3, -0.25) is 0 Å². The van der Waals surface area contributed by atoms with E-state index in [4.69, 9.17) is 4.98 Å². The number of aromatic nitrogens is 1. The van der Waals surface area contributed by atoms with Crippen LogP contribution in [-0.2, 0) is 0 Å². The number of hydrogen-bond donors (Lipinski definition) is 0. The van der Waals surface area contributed by atoms with Gasteiger partial charge in [-0.25, -0.2) is 4.98 Å². The van der Waals surface area contributed by atoms with Gasteiger partial charge in [0.05, 0.1) is 34.7 Å². The van der Waals surface area contributed by atoms with Gasteiger partial charge in [0.15, 0.2) is 0 Å². The Morgan fingerprint density at radius 2 is 0.578 bits per heavy atom. The number of para-hydroxylation sites is 4. The molecule has 0 radical (unpaired) electrons. The number of benzene rings is 8. The van der Waals surface area contributed by atoms with Crippen molar-refractivity contribution in [1.82, 2.24) is 4.98 Å². The predicted octanol–water partition coefficient (Wildman–Crippen LogP) is 15.5. The Labute approximate surface area is 374 Å². The van der Waals surface area contributed by atoms with Crippen LogP contribution in [0.5, 0.6) is 0 Å². The third kappa shape index (κ3) is 9.16. The van der Waals surface area contributed by atoms with E-state index in [9.17, 15) is 10.5 Å². The summed E-state index contributed by atoms with van der Waals surface area (Å²) >= 11 is 0. The fourth-order valence-corrected chi connectivity index (χ4v) is 7.78. The number of nitrogens with zero attached hydrogens (tertiary/aromatic N) is 5. The molecule has 0 aliphatic heterocycles. The van der Waals surface area contributed by atoms with Crippen LogP contribution in [0.15, 0.2) is 237 Å². The van der Waals surface area contributed by atoms with Gasteiger partial charge in [-0.2, -0.15) is 10.5 Å². The minimum Gasteiger partial charge on any atom is -0.311 e. The van der Waals surface area contributed by atoms with E-state index in [0.717, 1.165) is 67.5 Å². The van der Waals surface area contributed by atoms with E-state index in [1.165, 1.54) is 0 Å². The van der Waals surface area contributed by atoms with Gasteiger partial charge >= 0.3 is 0 Å². The van der Waals surface area contributed by atoms with Gasteiger partial charge in [-0.1, -0.05) is 152 Å². The van der Waals surface area contributed by atoms with E-state index in [-0.39, 0.29) is 0 Å². The third-order valence-corrected chi connectivity index (χ3v) is 11.0. The molecule has 9 aromatic rings. The van der Waals surface area contributed by atoms with E-state index < -0.39 is 0 Å². The lowest BCUT2D eigenvalue weighted by atomic mass is 9.99. The number of anilines is 6. The van der Waals surface area contributed by atoms with Crippen molar-refractivity contribution in [3.05, 3.63) is 259 Å². The molecule has 0 bridgehead atoms. The van der Waals surface area contributed by atoms with Crippen LogP contribution in [0.2, 0.25) is 0 Å². The fourth-order valence-electron chi connectivity index (χ4n) is 7.78. The summed E-state index contributed by atoms with van der Waals surface area (Å²) in [7, 11) is 0. The Morgan fingerprint density at radius 1 is 0.312 bits per heavy atom. The van der Waals surface area contributed by atoms with Gasteiger partial charge < -0.3 is 9.80 Å². The first-order chi connectivity index (χ1) is 31.6. The molecule has 1 heterocycles. The lowest BCUT2D eigenvalue weighted by Crippen LogP contribution is -2.09. The molecule has 0 saturated carbocycles. The molecule has 8 aromatic carbocycles. The van der Waals surface area contributed by atoms with Crippen molar-refractivity contribution in [1.29, 1.82) is 10.5 Å². The molecule has 9 rings (SSSR count). The van der Waals surface area contributed by atoms with E-state index in [0.29, 0.717) is 22.5 Å². The molecular weight excluding hydrogens is 779 g/mol. The average molecular weight is 820 g/mol. The molecule has 0 spiro atoms. The lowest BCUT2D eigenvalue weighted by Gasteiger charge is -2.25. The van der Waals surface area contributed by atoms with Gasteiger partial charge in [0.1, 0.15) is 0 Å². The van der Waals surface area contributed by atoms with Gasteiger partial charge in [0.2, 0.25) is 0 Å². The number of nitriles is 2. The van der Waals surface area contributed by atoms with Crippen molar-refractivity contribution in [3.63, 3.8) is 0 Å². The van der Waals surface area contributed by atoms with Crippen molar-refractivity contribution >= 4 is 57.4 Å². The molecule has 64 heavy (non-hydrogen) atoms. The maximum Gasteiger partial charge on any atom is 0.0998 e. The zero-order valence-electron chi connectivity index (χ0n) is 34.9. The number of rotatable bonds is 12. The lowest BCUT2D eigenvalue weighted by molar-refractivity contribution is 1.27. The molecule has 0 atom stereocenters. The van der Waals surface area contributed by atoms with Gasteiger partial charge in [-0.15, -0.1) is 0 Å². The second-order valence-electron chi connectivity index (χ2n) is 15.1. The maximum absolute atomic E-state index is 10.2. The van der Waals surface area contributed by atoms with Crippen LogP contribution < -0.4 is 9.80 Å². The van der Waals surface area contributed by atoms with Crippen LogP contribution in [0.25, 0.3) is 45.6 Å². The zero-order chi connectivity index (χ0) is 43.5. The molecular formula is C59H41N5. The molecule has 0 fully saturated rings. The number of hydrogen-bond acceptors (Lipinski definition) is 5. The zero-order valence-corrected chi connectivity index (χ0v) is 34.9. The summed E-state index contributed by atoms with van der Waals surface area (Å²) in [5.74, 6) is 0. The monoisotopic (exact) mass is 819 g/mol. The van der Waals surface area contributed by atoms with Crippen LogP contribution in [0.1, 0.15) is 22.5 Å². The smallest absolute Gasteiger partial charge is 0.0998 e. The molecule has 0 aliphatic rings. The van der Waals surface area contributed by atoms with Crippen LogP contribution in [0.4, 0.5) is 34.1 Å². The first-order valence-electron chi connectivity index (χ1n) is 21.1.